The maximum Gasteiger partial charge on any atom is 0.352 e. The van der Waals surface area contributed by atoms with Gasteiger partial charge in [0.2, 0.25) is 5.75 Å². The molecule has 0 saturated carbocycles. The third kappa shape index (κ3) is 2.92. The molecule has 2 rings (SSSR count). The van der Waals surface area contributed by atoms with E-state index in [1.165, 1.54) is 18.2 Å². The predicted octanol–water partition coefficient (Wildman–Crippen LogP) is 2.69. The Morgan fingerprint density at radius 3 is 2.50 bits per heavy atom. The Morgan fingerprint density at radius 2 is 1.90 bits per heavy atom. The third-order valence-electron chi connectivity index (χ3n) is 2.67. The lowest BCUT2D eigenvalue weighted by molar-refractivity contribution is -0.386. The highest BCUT2D eigenvalue weighted by Crippen LogP contribution is 2.35. The number of ether oxygens (including phenoxy) is 1. The monoisotopic (exact) mass is 273 g/mol. The Hall–Kier alpha value is -2.89. The first-order valence-corrected chi connectivity index (χ1v) is 5.75. The molecule has 0 saturated heterocycles. The third-order valence-corrected chi connectivity index (χ3v) is 2.67. The maximum atomic E-state index is 10.9. The van der Waals surface area contributed by atoms with Gasteiger partial charge in [0.25, 0.3) is 0 Å². The van der Waals surface area contributed by atoms with E-state index >= 15 is 0 Å². The molecule has 0 amide bonds. The Labute approximate surface area is 114 Å². The Kier molecular flexibility index (Phi) is 3.95. The fourth-order valence-corrected chi connectivity index (χ4v) is 1.66. The molecule has 2 aromatic rings. The van der Waals surface area contributed by atoms with Gasteiger partial charge in [0.15, 0.2) is 5.75 Å². The first-order chi connectivity index (χ1) is 9.61. The van der Waals surface area contributed by atoms with E-state index in [1.54, 1.807) is 24.3 Å². The number of rotatable bonds is 5. The molecule has 0 aliphatic rings. The topological polar surface area (TPSA) is 89.7 Å². The quantitative estimate of drug-likeness (QED) is 0.514. The number of nitro groups is 1. The zero-order valence-electron chi connectivity index (χ0n) is 10.4. The minimum absolute atomic E-state index is 0.00513. The number of aldehydes is 1. The van der Waals surface area contributed by atoms with Crippen LogP contribution in [0.25, 0.3) is 0 Å². The summed E-state index contributed by atoms with van der Waals surface area (Å²) in [7, 11) is 0. The molecule has 102 valence electrons. The number of para-hydroxylation sites is 1. The number of hydrogen-bond acceptors (Lipinski definition) is 5. The molecule has 0 aliphatic carbocycles. The molecule has 2 aromatic carbocycles. The van der Waals surface area contributed by atoms with E-state index in [4.69, 9.17) is 4.74 Å². The van der Waals surface area contributed by atoms with E-state index in [2.05, 4.69) is 0 Å². The molecule has 0 spiro atoms. The van der Waals surface area contributed by atoms with Crippen molar-refractivity contribution in [2.45, 2.75) is 6.61 Å². The normalized spacial score (nSPS) is 10.0. The highest BCUT2D eigenvalue weighted by Gasteiger charge is 2.20. The number of carbonyl (C=O) groups is 1. The van der Waals surface area contributed by atoms with Gasteiger partial charge in [-0.2, -0.15) is 0 Å². The molecular formula is C14H11NO5. The van der Waals surface area contributed by atoms with E-state index in [0.717, 1.165) is 11.8 Å². The number of aromatic hydroxyl groups is 1. The lowest BCUT2D eigenvalue weighted by atomic mass is 10.1. The summed E-state index contributed by atoms with van der Waals surface area (Å²) in [5.74, 6) is -0.446. The smallest absolute Gasteiger partial charge is 0.352 e. The fourth-order valence-electron chi connectivity index (χ4n) is 1.66. The second kappa shape index (κ2) is 5.83. The highest BCUT2D eigenvalue weighted by molar-refractivity contribution is 5.74. The van der Waals surface area contributed by atoms with Crippen molar-refractivity contribution in [3.05, 3.63) is 63.7 Å². The van der Waals surface area contributed by atoms with Gasteiger partial charge >= 0.3 is 5.69 Å². The van der Waals surface area contributed by atoms with E-state index in [-0.39, 0.29) is 12.4 Å². The molecule has 1 N–H and O–H groups in total. The number of nitro benzene ring substituents is 1. The second-order valence-electron chi connectivity index (χ2n) is 4.03. The molecule has 0 aliphatic heterocycles. The molecule has 6 nitrogen and oxygen atoms in total. The van der Waals surface area contributed by atoms with Crippen LogP contribution in [0.1, 0.15) is 15.9 Å². The molecule has 0 aromatic heterocycles. The summed E-state index contributed by atoms with van der Waals surface area (Å²) in [6.07, 6.45) is 0.727. The van der Waals surface area contributed by atoms with Gasteiger partial charge in [0, 0.05) is 5.56 Å². The summed E-state index contributed by atoms with van der Waals surface area (Å²) in [6.45, 7) is 0.101. The Balaban J connectivity index is 2.16. The van der Waals surface area contributed by atoms with Crippen molar-refractivity contribution in [1.29, 1.82) is 0 Å². The lowest BCUT2D eigenvalue weighted by Crippen LogP contribution is -1.99. The first kappa shape index (κ1) is 13.5. The molecule has 0 atom stereocenters. The van der Waals surface area contributed by atoms with Gasteiger partial charge in [-0.05, 0) is 17.7 Å². The average molecular weight is 273 g/mol. The molecule has 0 bridgehead atoms. The van der Waals surface area contributed by atoms with Gasteiger partial charge in [0.1, 0.15) is 12.9 Å². The Morgan fingerprint density at radius 1 is 1.20 bits per heavy atom. The van der Waals surface area contributed by atoms with Crippen molar-refractivity contribution >= 4 is 12.0 Å². The van der Waals surface area contributed by atoms with Crippen LogP contribution >= 0.6 is 0 Å². The molecular weight excluding hydrogens is 262 g/mol. The van der Waals surface area contributed by atoms with Crippen molar-refractivity contribution in [2.75, 3.05) is 0 Å². The standard InChI is InChI=1S/C14H11NO5/c16-8-10-4-6-11(7-5-10)9-20-13-3-1-2-12(17)14(13)15(18)19/h1-8,17H,9H2. The molecule has 0 heterocycles. The van der Waals surface area contributed by atoms with Gasteiger partial charge < -0.3 is 9.84 Å². The van der Waals surface area contributed by atoms with Crippen LogP contribution in [0.15, 0.2) is 42.5 Å². The summed E-state index contributed by atoms with van der Waals surface area (Å²) in [5, 5.41) is 20.3. The van der Waals surface area contributed by atoms with Gasteiger partial charge in [-0.3, -0.25) is 14.9 Å². The zero-order valence-corrected chi connectivity index (χ0v) is 10.4. The number of phenolic OH excluding ortho intramolecular Hbond substituents is 1. The van der Waals surface area contributed by atoms with Crippen molar-refractivity contribution in [2.24, 2.45) is 0 Å². The van der Waals surface area contributed by atoms with Crippen LogP contribution in [0.5, 0.6) is 11.5 Å². The first-order valence-electron chi connectivity index (χ1n) is 5.75. The molecule has 0 radical (unpaired) electrons. The van der Waals surface area contributed by atoms with Gasteiger partial charge in [0.05, 0.1) is 4.92 Å². The number of benzene rings is 2. The van der Waals surface area contributed by atoms with Gasteiger partial charge in [-0.1, -0.05) is 30.3 Å². The molecule has 6 heteroatoms. The maximum absolute atomic E-state index is 10.9. The average Bonchev–Trinajstić information content (AvgIpc) is 2.45. The number of phenols is 1. The van der Waals surface area contributed by atoms with E-state index < -0.39 is 16.4 Å². The van der Waals surface area contributed by atoms with Crippen LogP contribution < -0.4 is 4.74 Å². The minimum Gasteiger partial charge on any atom is -0.502 e. The van der Waals surface area contributed by atoms with Crippen LogP contribution in [0.2, 0.25) is 0 Å². The SMILES string of the molecule is O=Cc1ccc(COc2cccc(O)c2[N+](=O)[O-])cc1. The van der Waals surface area contributed by atoms with Crippen LogP contribution in [-0.4, -0.2) is 16.3 Å². The highest BCUT2D eigenvalue weighted by atomic mass is 16.6. The van der Waals surface area contributed by atoms with Gasteiger partial charge in [-0.15, -0.1) is 0 Å². The van der Waals surface area contributed by atoms with Crippen LogP contribution in [-0.2, 0) is 6.61 Å². The minimum atomic E-state index is -0.694. The largest absolute Gasteiger partial charge is 0.502 e. The summed E-state index contributed by atoms with van der Waals surface area (Å²) < 4.78 is 5.35. The molecule has 20 heavy (non-hydrogen) atoms. The van der Waals surface area contributed by atoms with Crippen molar-refractivity contribution in [3.63, 3.8) is 0 Å². The summed E-state index contributed by atoms with van der Waals surface area (Å²) in [6, 6.07) is 10.7. The zero-order chi connectivity index (χ0) is 14.5. The van der Waals surface area contributed by atoms with E-state index in [0.29, 0.717) is 5.56 Å². The number of nitrogens with zero attached hydrogens (tertiary/aromatic N) is 1. The predicted molar refractivity (Wildman–Crippen MR) is 70.9 cm³/mol. The van der Waals surface area contributed by atoms with Crippen molar-refractivity contribution < 1.29 is 19.6 Å². The lowest BCUT2D eigenvalue weighted by Gasteiger charge is -2.07. The molecule has 0 fully saturated rings. The van der Waals surface area contributed by atoms with E-state index in [9.17, 15) is 20.0 Å². The Bertz CT molecular complexity index is 637. The number of hydrogen-bond donors (Lipinski definition) is 1. The van der Waals surface area contributed by atoms with Gasteiger partial charge in [-0.25, -0.2) is 0 Å². The summed E-state index contributed by atoms with van der Waals surface area (Å²) >= 11 is 0. The fraction of sp³-hybridized carbons (Fsp3) is 0.0714. The molecule has 0 unspecified atom stereocenters. The van der Waals surface area contributed by atoms with Crippen LogP contribution in [0.3, 0.4) is 0 Å². The summed E-state index contributed by atoms with van der Waals surface area (Å²) in [4.78, 5) is 20.7. The van der Waals surface area contributed by atoms with E-state index in [1.807, 2.05) is 0 Å². The number of carbonyl (C=O) groups excluding carboxylic acids is 1. The second-order valence-corrected chi connectivity index (χ2v) is 4.03. The van der Waals surface area contributed by atoms with Crippen molar-refractivity contribution in [1.82, 2.24) is 0 Å². The summed E-state index contributed by atoms with van der Waals surface area (Å²) in [5.41, 5.74) is 0.835. The van der Waals surface area contributed by atoms with Crippen LogP contribution in [0.4, 0.5) is 5.69 Å². The van der Waals surface area contributed by atoms with Crippen LogP contribution in [0, 0.1) is 10.1 Å². The van der Waals surface area contributed by atoms with Crippen molar-refractivity contribution in [3.8, 4) is 11.5 Å².